The lowest BCUT2D eigenvalue weighted by molar-refractivity contribution is -0.918. The van der Waals surface area contributed by atoms with Gasteiger partial charge in [-0.3, -0.25) is 9.59 Å². The number of nitrogens with zero attached hydrogens (tertiary/aromatic N) is 1. The van der Waals surface area contributed by atoms with Gasteiger partial charge in [-0.2, -0.15) is 0 Å². The number of quaternary nitrogens is 1. The van der Waals surface area contributed by atoms with Gasteiger partial charge in [0.05, 0.1) is 19.6 Å². The van der Waals surface area contributed by atoms with Crippen molar-refractivity contribution in [3.63, 3.8) is 0 Å². The Bertz CT molecular complexity index is 866. The quantitative estimate of drug-likeness (QED) is 0.638. The summed E-state index contributed by atoms with van der Waals surface area (Å²) in [5.74, 6) is -1.21. The van der Waals surface area contributed by atoms with E-state index in [4.69, 9.17) is 0 Å². The summed E-state index contributed by atoms with van der Waals surface area (Å²) in [5, 5.41) is 5.64. The minimum Gasteiger partial charge on any atom is -0.378 e. The lowest BCUT2D eigenvalue weighted by Crippen LogP contribution is -3.11. The Hall–Kier alpha value is -2.86. The molecule has 2 aromatic carbocycles. The average molecular weight is 410 g/mol. The van der Waals surface area contributed by atoms with Crippen LogP contribution in [0.15, 0.2) is 42.5 Å². The number of hydrogen-bond donors (Lipinski definition) is 3. The summed E-state index contributed by atoms with van der Waals surface area (Å²) in [6.45, 7) is 6.46. The first-order valence-corrected chi connectivity index (χ1v) is 10.6. The van der Waals surface area contributed by atoms with E-state index < -0.39 is 11.8 Å². The zero-order valence-electron chi connectivity index (χ0n) is 18.4. The summed E-state index contributed by atoms with van der Waals surface area (Å²) in [4.78, 5) is 28.5. The van der Waals surface area contributed by atoms with E-state index in [2.05, 4.69) is 39.8 Å². The van der Waals surface area contributed by atoms with Crippen LogP contribution in [0.1, 0.15) is 35.6 Å². The highest BCUT2D eigenvalue weighted by atomic mass is 16.2. The Kier molecular flexibility index (Phi) is 7.11. The van der Waals surface area contributed by atoms with Crippen molar-refractivity contribution in [2.75, 3.05) is 43.9 Å². The maximum absolute atomic E-state index is 12.5. The van der Waals surface area contributed by atoms with Gasteiger partial charge in [0.1, 0.15) is 6.04 Å². The molecule has 1 aliphatic rings. The molecule has 0 bridgehead atoms. The summed E-state index contributed by atoms with van der Waals surface area (Å²) in [7, 11) is 4.04. The van der Waals surface area contributed by atoms with Gasteiger partial charge in [-0.25, -0.2) is 0 Å². The zero-order chi connectivity index (χ0) is 21.7. The monoisotopic (exact) mass is 409 g/mol. The van der Waals surface area contributed by atoms with Gasteiger partial charge >= 0.3 is 11.8 Å². The topological polar surface area (TPSA) is 65.9 Å². The fourth-order valence-electron chi connectivity index (χ4n) is 4.14. The standard InChI is InChI=1S/C24H32N4O2/c1-17-8-7-9-18(2)22(17)26-24(30)23(29)25-16-21(28-14-5-6-15-28)19-10-12-20(13-11-19)27(3)4/h7-13,21H,5-6,14-16H2,1-4H3,(H,25,29)(H,26,30)/p+1/t21-/m0/s1. The molecule has 3 rings (SSSR count). The van der Waals surface area contributed by atoms with E-state index in [0.717, 1.165) is 29.9 Å². The molecule has 1 atom stereocenters. The van der Waals surface area contributed by atoms with Crippen molar-refractivity contribution in [3.05, 3.63) is 59.2 Å². The number of para-hydroxylation sites is 1. The van der Waals surface area contributed by atoms with E-state index >= 15 is 0 Å². The number of rotatable bonds is 6. The van der Waals surface area contributed by atoms with Crippen molar-refractivity contribution in [2.45, 2.75) is 32.7 Å². The third kappa shape index (κ3) is 5.19. The number of likely N-dealkylation sites (tertiary alicyclic amines) is 1. The molecule has 1 fully saturated rings. The van der Waals surface area contributed by atoms with Crippen molar-refractivity contribution in [1.82, 2.24) is 5.32 Å². The molecule has 0 aliphatic carbocycles. The first-order chi connectivity index (χ1) is 14.4. The molecule has 6 heteroatoms. The Morgan fingerprint density at radius 2 is 1.57 bits per heavy atom. The summed E-state index contributed by atoms with van der Waals surface area (Å²) < 4.78 is 0. The normalized spacial score (nSPS) is 14.9. The maximum atomic E-state index is 12.5. The number of benzene rings is 2. The molecule has 3 N–H and O–H groups in total. The molecule has 0 spiro atoms. The van der Waals surface area contributed by atoms with Crippen LogP contribution in [0, 0.1) is 13.8 Å². The minimum atomic E-state index is -0.620. The second-order valence-electron chi connectivity index (χ2n) is 8.33. The highest BCUT2D eigenvalue weighted by Gasteiger charge is 2.28. The molecule has 0 radical (unpaired) electrons. The van der Waals surface area contributed by atoms with E-state index in [-0.39, 0.29) is 6.04 Å². The van der Waals surface area contributed by atoms with Gasteiger partial charge in [-0.05, 0) is 37.1 Å². The van der Waals surface area contributed by atoms with E-state index in [1.54, 1.807) is 0 Å². The van der Waals surface area contributed by atoms with Crippen LogP contribution in [0.3, 0.4) is 0 Å². The first kappa shape index (κ1) is 21.8. The number of aryl methyl sites for hydroxylation is 2. The predicted octanol–water partition coefficient (Wildman–Crippen LogP) is 1.84. The van der Waals surface area contributed by atoms with Crippen LogP contribution in [-0.2, 0) is 9.59 Å². The second kappa shape index (κ2) is 9.76. The molecule has 0 saturated carbocycles. The van der Waals surface area contributed by atoms with Crippen LogP contribution < -0.4 is 20.4 Å². The Morgan fingerprint density at radius 1 is 0.967 bits per heavy atom. The number of hydrogen-bond acceptors (Lipinski definition) is 3. The first-order valence-electron chi connectivity index (χ1n) is 10.6. The summed E-state index contributed by atoms with van der Waals surface area (Å²) in [6, 6.07) is 14.4. The Morgan fingerprint density at radius 3 is 2.13 bits per heavy atom. The predicted molar refractivity (Wildman–Crippen MR) is 121 cm³/mol. The van der Waals surface area contributed by atoms with Crippen LogP contribution in [0.25, 0.3) is 0 Å². The van der Waals surface area contributed by atoms with Gasteiger partial charge in [0.2, 0.25) is 0 Å². The lowest BCUT2D eigenvalue weighted by atomic mass is 10.0. The molecule has 30 heavy (non-hydrogen) atoms. The van der Waals surface area contributed by atoms with Gasteiger partial charge in [0.15, 0.2) is 0 Å². The molecule has 0 unspecified atom stereocenters. The van der Waals surface area contributed by atoms with Crippen LogP contribution in [0.5, 0.6) is 0 Å². The molecule has 2 aromatic rings. The van der Waals surface area contributed by atoms with Crippen molar-refractivity contribution in [1.29, 1.82) is 0 Å². The molecule has 1 heterocycles. The number of carbonyl (C=O) groups excluding carboxylic acids is 2. The molecule has 1 aliphatic heterocycles. The Labute approximate surface area is 179 Å². The van der Waals surface area contributed by atoms with Crippen LogP contribution in [0.2, 0.25) is 0 Å². The third-order valence-electron chi connectivity index (χ3n) is 5.94. The maximum Gasteiger partial charge on any atom is 0.313 e. The molecule has 6 nitrogen and oxygen atoms in total. The number of carbonyl (C=O) groups is 2. The van der Waals surface area contributed by atoms with Gasteiger partial charge < -0.3 is 20.4 Å². The van der Waals surface area contributed by atoms with Crippen LogP contribution >= 0.6 is 0 Å². The third-order valence-corrected chi connectivity index (χ3v) is 5.94. The van der Waals surface area contributed by atoms with E-state index in [0.29, 0.717) is 12.2 Å². The number of nitrogens with one attached hydrogen (secondary N) is 3. The van der Waals surface area contributed by atoms with E-state index in [1.165, 1.54) is 23.3 Å². The molecular formula is C24H33N4O2+. The molecular weight excluding hydrogens is 376 g/mol. The van der Waals surface area contributed by atoms with Gasteiger partial charge in [-0.15, -0.1) is 0 Å². The van der Waals surface area contributed by atoms with Gasteiger partial charge in [-0.1, -0.05) is 30.3 Å². The van der Waals surface area contributed by atoms with Gasteiger partial charge in [0, 0.05) is 43.9 Å². The zero-order valence-corrected chi connectivity index (χ0v) is 18.4. The fourth-order valence-corrected chi connectivity index (χ4v) is 4.14. The number of anilines is 2. The summed E-state index contributed by atoms with van der Waals surface area (Å²) in [6.07, 6.45) is 2.39. The van der Waals surface area contributed by atoms with Crippen molar-refractivity contribution >= 4 is 23.2 Å². The average Bonchev–Trinajstić information content (AvgIpc) is 3.25. The summed E-state index contributed by atoms with van der Waals surface area (Å²) in [5.41, 5.74) is 4.92. The number of amides is 2. The highest BCUT2D eigenvalue weighted by molar-refractivity contribution is 6.39. The SMILES string of the molecule is Cc1cccc(C)c1NC(=O)C(=O)NC[C@@H](c1ccc(N(C)C)cc1)[NH+]1CCCC1. The Balaban J connectivity index is 1.67. The second-order valence-corrected chi connectivity index (χ2v) is 8.33. The minimum absolute atomic E-state index is 0.139. The smallest absolute Gasteiger partial charge is 0.313 e. The molecule has 1 saturated heterocycles. The van der Waals surface area contributed by atoms with Crippen molar-refractivity contribution < 1.29 is 14.5 Å². The fraction of sp³-hybridized carbons (Fsp3) is 0.417. The van der Waals surface area contributed by atoms with E-state index in [9.17, 15) is 9.59 Å². The lowest BCUT2D eigenvalue weighted by Gasteiger charge is -2.26. The van der Waals surface area contributed by atoms with Crippen LogP contribution in [0.4, 0.5) is 11.4 Å². The van der Waals surface area contributed by atoms with E-state index in [1.807, 2.05) is 46.1 Å². The largest absolute Gasteiger partial charge is 0.378 e. The highest BCUT2D eigenvalue weighted by Crippen LogP contribution is 2.19. The van der Waals surface area contributed by atoms with Gasteiger partial charge in [0.25, 0.3) is 0 Å². The summed E-state index contributed by atoms with van der Waals surface area (Å²) >= 11 is 0. The molecule has 0 aromatic heterocycles. The molecule has 160 valence electrons. The van der Waals surface area contributed by atoms with Crippen LogP contribution in [-0.4, -0.2) is 45.5 Å². The van der Waals surface area contributed by atoms with Crippen molar-refractivity contribution in [3.8, 4) is 0 Å². The molecule has 2 amide bonds. The van der Waals surface area contributed by atoms with Crippen molar-refractivity contribution in [2.24, 2.45) is 0 Å².